The van der Waals surface area contributed by atoms with E-state index in [1.165, 1.54) is 11.9 Å². The summed E-state index contributed by atoms with van der Waals surface area (Å²) in [7, 11) is 1.68. The molecule has 0 aromatic carbocycles. The number of aromatic nitrogens is 1. The fourth-order valence-corrected chi connectivity index (χ4v) is 7.86. The van der Waals surface area contributed by atoms with Crippen molar-refractivity contribution in [1.82, 2.24) is 24.8 Å². The van der Waals surface area contributed by atoms with E-state index in [0.29, 0.717) is 62.8 Å². The molecule has 5 atom stereocenters. The molecule has 2 unspecified atom stereocenters. The summed E-state index contributed by atoms with van der Waals surface area (Å²) in [4.78, 5) is 32.4. The molecule has 1 aliphatic carbocycles. The molecule has 2 amide bonds. The average molecular weight is 630 g/mol. The number of nitrogens with one attached hydrogen (secondary N) is 2. The maximum Gasteiger partial charge on any atom is 0.417 e. The van der Waals surface area contributed by atoms with E-state index in [1.54, 1.807) is 32.8 Å². The number of alkyl halides is 3. The molecule has 240 valence electrons. The first kappa shape index (κ1) is 32.3. The Hall–Kier alpha value is -2.13. The number of ether oxygens (including phenoxy) is 3. The highest BCUT2D eigenvalue weighted by atomic mass is 32.2. The second kappa shape index (κ2) is 12.7. The molecule has 2 N–H and O–H groups in total. The summed E-state index contributed by atoms with van der Waals surface area (Å²) in [5, 5.41) is 6.52. The van der Waals surface area contributed by atoms with Gasteiger partial charge in [0.25, 0.3) is 0 Å². The van der Waals surface area contributed by atoms with Crippen LogP contribution in [0.3, 0.4) is 0 Å². The lowest BCUT2D eigenvalue weighted by atomic mass is 9.78. The molecule has 3 fully saturated rings. The second-order valence-corrected chi connectivity index (χ2v) is 14.0. The van der Waals surface area contributed by atoms with Gasteiger partial charge in [0.2, 0.25) is 5.91 Å². The van der Waals surface area contributed by atoms with Gasteiger partial charge in [-0.05, 0) is 57.6 Å². The van der Waals surface area contributed by atoms with Gasteiger partial charge in [-0.2, -0.15) is 13.2 Å². The Bertz CT molecular complexity index is 1180. The lowest BCUT2D eigenvalue weighted by Gasteiger charge is -2.38. The standard InChI is InChI=1S/C29H42F3N5O5S/c1-27(2,3)42-26(39)34-17-43-37-14-20-10-21(35-23-6-8-41-15-24(23)40-4)11-28(20,16-37)25(38)36-7-5-22-18(13-36)9-19(12-33-22)29(30,31)32/h9,12,20-21,23-24,35H,5-8,10-11,13-17H2,1-4H3,(H,34,39)/t20-,21+,23?,24?,28-/m0/s1. The van der Waals surface area contributed by atoms with Crippen LogP contribution in [-0.4, -0.2) is 95.8 Å². The molecular weight excluding hydrogens is 587 g/mol. The Morgan fingerprint density at radius 1 is 1.28 bits per heavy atom. The topological polar surface area (TPSA) is 105 Å². The van der Waals surface area contributed by atoms with E-state index in [1.807, 2.05) is 0 Å². The smallest absolute Gasteiger partial charge is 0.417 e. The van der Waals surface area contributed by atoms with Crippen LogP contribution in [0.15, 0.2) is 12.3 Å². The highest BCUT2D eigenvalue weighted by Crippen LogP contribution is 2.52. The van der Waals surface area contributed by atoms with Crippen LogP contribution in [0.4, 0.5) is 18.0 Å². The minimum Gasteiger partial charge on any atom is -0.444 e. The highest BCUT2D eigenvalue weighted by Gasteiger charge is 2.59. The van der Waals surface area contributed by atoms with Crippen LogP contribution in [0.25, 0.3) is 0 Å². The number of pyridine rings is 1. The average Bonchev–Trinajstić information content (AvgIpc) is 3.45. The maximum atomic E-state index is 14.4. The fraction of sp³-hybridized carbons (Fsp3) is 0.759. The summed E-state index contributed by atoms with van der Waals surface area (Å²) in [5.41, 5.74) is -1.04. The lowest BCUT2D eigenvalue weighted by Crippen LogP contribution is -2.52. The van der Waals surface area contributed by atoms with Gasteiger partial charge in [0, 0.05) is 70.3 Å². The first-order valence-electron chi connectivity index (χ1n) is 14.8. The van der Waals surface area contributed by atoms with Gasteiger partial charge in [-0.1, -0.05) is 11.9 Å². The van der Waals surface area contributed by atoms with Gasteiger partial charge >= 0.3 is 12.3 Å². The Balaban J connectivity index is 1.30. The van der Waals surface area contributed by atoms with E-state index in [9.17, 15) is 22.8 Å². The molecule has 14 heteroatoms. The molecule has 0 bridgehead atoms. The van der Waals surface area contributed by atoms with Crippen molar-refractivity contribution in [3.8, 4) is 0 Å². The third-order valence-corrected chi connectivity index (χ3v) is 9.76. The van der Waals surface area contributed by atoms with Crippen molar-refractivity contribution in [3.63, 3.8) is 0 Å². The van der Waals surface area contributed by atoms with Crippen LogP contribution in [-0.2, 0) is 38.1 Å². The number of nitrogens with zero attached hydrogens (tertiary/aromatic N) is 3. The molecule has 0 radical (unpaired) electrons. The minimum absolute atomic E-state index is 0.0247. The SMILES string of the molecule is COC1COCCC1N[C@@H]1C[C@H]2CN(SCNC(=O)OC(C)(C)C)C[C@@]2(C(=O)N2CCc3ncc(C(F)(F)F)cc3C2)C1. The van der Waals surface area contributed by atoms with Crippen molar-refractivity contribution >= 4 is 23.9 Å². The van der Waals surface area contributed by atoms with E-state index >= 15 is 0 Å². The van der Waals surface area contributed by atoms with Gasteiger partial charge in [0.1, 0.15) is 5.60 Å². The Morgan fingerprint density at radius 3 is 2.79 bits per heavy atom. The van der Waals surface area contributed by atoms with Crippen LogP contribution in [0.5, 0.6) is 0 Å². The molecular formula is C29H42F3N5O5S. The molecule has 2 saturated heterocycles. The second-order valence-electron chi connectivity index (χ2n) is 13.0. The van der Waals surface area contributed by atoms with Crippen LogP contribution in [0.2, 0.25) is 0 Å². The fourth-order valence-electron chi connectivity index (χ4n) is 6.89. The van der Waals surface area contributed by atoms with Crippen molar-refractivity contribution in [2.75, 3.05) is 45.8 Å². The van der Waals surface area contributed by atoms with Crippen molar-refractivity contribution in [3.05, 3.63) is 29.1 Å². The first-order valence-corrected chi connectivity index (χ1v) is 15.8. The maximum absolute atomic E-state index is 14.4. The van der Waals surface area contributed by atoms with Gasteiger partial charge in [-0.25, -0.2) is 9.10 Å². The summed E-state index contributed by atoms with van der Waals surface area (Å²) in [6.07, 6.45) is -1.56. The quantitative estimate of drug-likeness (QED) is 0.346. The molecule has 10 nitrogen and oxygen atoms in total. The number of halogens is 3. The zero-order chi connectivity index (χ0) is 31.0. The molecule has 3 aliphatic heterocycles. The molecule has 1 aromatic rings. The van der Waals surface area contributed by atoms with Gasteiger partial charge in [-0.15, -0.1) is 0 Å². The van der Waals surface area contributed by atoms with Crippen LogP contribution >= 0.6 is 11.9 Å². The zero-order valence-electron chi connectivity index (χ0n) is 25.2. The van der Waals surface area contributed by atoms with Gasteiger partial charge in [0.15, 0.2) is 0 Å². The Morgan fingerprint density at radius 2 is 2.07 bits per heavy atom. The Kier molecular flexibility index (Phi) is 9.53. The van der Waals surface area contributed by atoms with Crippen molar-refractivity contribution in [1.29, 1.82) is 0 Å². The van der Waals surface area contributed by atoms with Crippen molar-refractivity contribution in [2.24, 2.45) is 11.3 Å². The van der Waals surface area contributed by atoms with E-state index in [4.69, 9.17) is 14.2 Å². The predicted molar refractivity (Wildman–Crippen MR) is 154 cm³/mol. The number of hydrogen-bond acceptors (Lipinski definition) is 9. The summed E-state index contributed by atoms with van der Waals surface area (Å²) in [5.74, 6) is 0.325. The van der Waals surface area contributed by atoms with Crippen LogP contribution < -0.4 is 10.6 Å². The normalized spacial score (nSPS) is 29.7. The van der Waals surface area contributed by atoms with E-state index in [0.717, 1.165) is 25.1 Å². The molecule has 5 rings (SSSR count). The number of hydrogen-bond donors (Lipinski definition) is 2. The third kappa shape index (κ3) is 7.41. The molecule has 4 heterocycles. The molecule has 0 spiro atoms. The first-order chi connectivity index (χ1) is 20.3. The lowest BCUT2D eigenvalue weighted by molar-refractivity contribution is -0.143. The van der Waals surface area contributed by atoms with Crippen molar-refractivity contribution in [2.45, 2.75) is 83.0 Å². The number of methoxy groups -OCH3 is 1. The summed E-state index contributed by atoms with van der Waals surface area (Å²) in [6.45, 7) is 8.24. The summed E-state index contributed by atoms with van der Waals surface area (Å²) < 4.78 is 58.9. The zero-order valence-corrected chi connectivity index (χ0v) is 26.0. The molecule has 1 aromatic heterocycles. The summed E-state index contributed by atoms with van der Waals surface area (Å²) >= 11 is 1.45. The summed E-state index contributed by atoms with van der Waals surface area (Å²) in [6, 6.07) is 1.34. The van der Waals surface area contributed by atoms with E-state index in [2.05, 4.69) is 19.9 Å². The number of fused-ring (bicyclic) bond motifs is 2. The van der Waals surface area contributed by atoms with Crippen molar-refractivity contribution < 1.29 is 37.0 Å². The van der Waals surface area contributed by atoms with Crippen LogP contribution in [0.1, 0.15) is 56.9 Å². The predicted octanol–water partition coefficient (Wildman–Crippen LogP) is 3.59. The van der Waals surface area contributed by atoms with E-state index in [-0.39, 0.29) is 36.6 Å². The number of amides is 2. The highest BCUT2D eigenvalue weighted by molar-refractivity contribution is 7.97. The van der Waals surface area contributed by atoms with E-state index < -0.39 is 28.8 Å². The molecule has 4 aliphatic rings. The number of rotatable bonds is 7. The monoisotopic (exact) mass is 629 g/mol. The van der Waals surface area contributed by atoms with Gasteiger partial charge < -0.3 is 29.7 Å². The van der Waals surface area contributed by atoms with Gasteiger partial charge in [0.05, 0.1) is 29.6 Å². The molecule has 43 heavy (non-hydrogen) atoms. The third-order valence-electron chi connectivity index (χ3n) is 8.84. The Labute approximate surface area is 254 Å². The largest absolute Gasteiger partial charge is 0.444 e. The number of carbonyl (C=O) groups excluding carboxylic acids is 2. The minimum atomic E-state index is -4.50. The number of carbonyl (C=O) groups is 2. The number of alkyl carbamates (subject to hydrolysis) is 1. The van der Waals surface area contributed by atoms with Gasteiger partial charge in [-0.3, -0.25) is 9.78 Å². The molecule has 1 saturated carbocycles. The van der Waals surface area contributed by atoms with Crippen LogP contribution in [0, 0.1) is 11.3 Å².